The SMILES string of the molecule is CC(Oc1ccccc1C(C)C)C(=O)N1CCN(c2cc(-c3ccccc3)ncn2)CC1. The average molecular weight is 431 g/mol. The van der Waals surface area contributed by atoms with Crippen molar-refractivity contribution in [2.45, 2.75) is 32.8 Å². The second-order valence-electron chi connectivity index (χ2n) is 8.39. The van der Waals surface area contributed by atoms with E-state index in [4.69, 9.17) is 4.74 Å². The number of para-hydroxylation sites is 1. The van der Waals surface area contributed by atoms with Crippen molar-refractivity contribution in [1.29, 1.82) is 0 Å². The third-order valence-corrected chi connectivity index (χ3v) is 5.83. The number of amides is 1. The molecule has 0 saturated carbocycles. The summed E-state index contributed by atoms with van der Waals surface area (Å²) < 4.78 is 6.07. The first kappa shape index (κ1) is 21.8. The van der Waals surface area contributed by atoms with E-state index in [9.17, 15) is 4.79 Å². The highest BCUT2D eigenvalue weighted by Gasteiger charge is 2.27. The van der Waals surface area contributed by atoms with Gasteiger partial charge in [0.25, 0.3) is 5.91 Å². The first-order chi connectivity index (χ1) is 15.5. The van der Waals surface area contributed by atoms with Crippen LogP contribution in [0.2, 0.25) is 0 Å². The third kappa shape index (κ3) is 4.90. The maximum absolute atomic E-state index is 13.0. The molecule has 4 rings (SSSR count). The van der Waals surface area contributed by atoms with Gasteiger partial charge in [0.05, 0.1) is 5.69 Å². The second kappa shape index (κ2) is 9.81. The average Bonchev–Trinajstić information content (AvgIpc) is 2.84. The Labute approximate surface area is 189 Å². The number of ether oxygens (including phenoxy) is 1. The van der Waals surface area contributed by atoms with E-state index in [1.54, 1.807) is 6.33 Å². The summed E-state index contributed by atoms with van der Waals surface area (Å²) in [6.07, 6.45) is 1.09. The Bertz CT molecular complexity index is 1050. The first-order valence-electron chi connectivity index (χ1n) is 11.2. The number of hydrogen-bond donors (Lipinski definition) is 0. The molecule has 1 aromatic heterocycles. The molecule has 6 nitrogen and oxygen atoms in total. The number of carbonyl (C=O) groups is 1. The fraction of sp³-hybridized carbons (Fsp3) is 0.346. The van der Waals surface area contributed by atoms with Crippen molar-refractivity contribution in [2.75, 3.05) is 31.1 Å². The molecular formula is C26H30N4O2. The fourth-order valence-electron chi connectivity index (χ4n) is 4.01. The van der Waals surface area contributed by atoms with E-state index in [2.05, 4.69) is 34.8 Å². The third-order valence-electron chi connectivity index (χ3n) is 5.83. The minimum absolute atomic E-state index is 0.0240. The molecular weight excluding hydrogens is 400 g/mol. The van der Waals surface area contributed by atoms with Gasteiger partial charge in [-0.25, -0.2) is 9.97 Å². The van der Waals surface area contributed by atoms with Crippen LogP contribution in [0.3, 0.4) is 0 Å². The normalized spacial score (nSPS) is 15.0. The Morgan fingerprint density at radius 1 is 0.906 bits per heavy atom. The van der Waals surface area contributed by atoms with Crippen LogP contribution in [0, 0.1) is 0 Å². The lowest BCUT2D eigenvalue weighted by Crippen LogP contribution is -2.52. The fourth-order valence-corrected chi connectivity index (χ4v) is 4.01. The van der Waals surface area contributed by atoms with Gasteiger partial charge in [0.15, 0.2) is 6.10 Å². The van der Waals surface area contributed by atoms with Crippen molar-refractivity contribution < 1.29 is 9.53 Å². The zero-order chi connectivity index (χ0) is 22.5. The zero-order valence-electron chi connectivity index (χ0n) is 18.9. The molecule has 6 heteroatoms. The molecule has 1 saturated heterocycles. The molecule has 2 heterocycles. The Hall–Kier alpha value is -3.41. The van der Waals surface area contributed by atoms with E-state index in [1.807, 2.05) is 66.4 Å². The van der Waals surface area contributed by atoms with Crippen molar-refractivity contribution >= 4 is 11.7 Å². The molecule has 1 aliphatic heterocycles. The zero-order valence-corrected chi connectivity index (χ0v) is 18.9. The molecule has 0 bridgehead atoms. The smallest absolute Gasteiger partial charge is 0.263 e. The van der Waals surface area contributed by atoms with Crippen molar-refractivity contribution in [1.82, 2.24) is 14.9 Å². The number of nitrogens with zero attached hydrogens (tertiary/aromatic N) is 4. The predicted molar refractivity (Wildman–Crippen MR) is 127 cm³/mol. The summed E-state index contributed by atoms with van der Waals surface area (Å²) in [5.41, 5.74) is 3.09. The molecule has 1 amide bonds. The molecule has 2 aromatic carbocycles. The Morgan fingerprint density at radius 2 is 1.59 bits per heavy atom. The quantitative estimate of drug-likeness (QED) is 0.581. The highest BCUT2D eigenvalue weighted by atomic mass is 16.5. The molecule has 0 aliphatic carbocycles. The number of piperazine rings is 1. The number of hydrogen-bond acceptors (Lipinski definition) is 5. The summed E-state index contributed by atoms with van der Waals surface area (Å²) in [6, 6.07) is 20.1. The Balaban J connectivity index is 1.37. The number of anilines is 1. The molecule has 1 aliphatic rings. The van der Waals surface area contributed by atoms with Crippen LogP contribution in [-0.4, -0.2) is 53.1 Å². The molecule has 1 fully saturated rings. The van der Waals surface area contributed by atoms with Crippen LogP contribution in [0.1, 0.15) is 32.3 Å². The van der Waals surface area contributed by atoms with Crippen molar-refractivity contribution in [3.05, 3.63) is 72.6 Å². The maximum Gasteiger partial charge on any atom is 0.263 e. The molecule has 1 unspecified atom stereocenters. The van der Waals surface area contributed by atoms with Gasteiger partial charge >= 0.3 is 0 Å². The van der Waals surface area contributed by atoms with Crippen LogP contribution in [0.25, 0.3) is 11.3 Å². The van der Waals surface area contributed by atoms with Crippen LogP contribution in [-0.2, 0) is 4.79 Å². The molecule has 166 valence electrons. The van der Waals surface area contributed by atoms with E-state index in [-0.39, 0.29) is 5.91 Å². The van der Waals surface area contributed by atoms with Crippen LogP contribution >= 0.6 is 0 Å². The number of rotatable bonds is 6. The van der Waals surface area contributed by atoms with E-state index in [0.717, 1.165) is 41.5 Å². The monoisotopic (exact) mass is 430 g/mol. The largest absolute Gasteiger partial charge is 0.481 e. The van der Waals surface area contributed by atoms with Gasteiger partial charge in [-0.2, -0.15) is 0 Å². The van der Waals surface area contributed by atoms with E-state index in [1.165, 1.54) is 0 Å². The van der Waals surface area contributed by atoms with Gasteiger partial charge in [-0.15, -0.1) is 0 Å². The number of benzene rings is 2. The van der Waals surface area contributed by atoms with E-state index >= 15 is 0 Å². The van der Waals surface area contributed by atoms with Gasteiger partial charge in [0, 0.05) is 37.8 Å². The predicted octanol–water partition coefficient (Wildman–Crippen LogP) is 4.38. The van der Waals surface area contributed by atoms with Gasteiger partial charge in [-0.05, 0) is 24.5 Å². The van der Waals surface area contributed by atoms with Crippen LogP contribution in [0.4, 0.5) is 5.82 Å². The summed E-state index contributed by atoms with van der Waals surface area (Å²) in [4.78, 5) is 26.0. The van der Waals surface area contributed by atoms with Crippen LogP contribution < -0.4 is 9.64 Å². The second-order valence-corrected chi connectivity index (χ2v) is 8.39. The lowest BCUT2D eigenvalue weighted by atomic mass is 10.0. The van der Waals surface area contributed by atoms with E-state index < -0.39 is 6.10 Å². The molecule has 3 aromatic rings. The van der Waals surface area contributed by atoms with E-state index in [0.29, 0.717) is 19.0 Å². The minimum Gasteiger partial charge on any atom is -0.481 e. The molecule has 1 atom stereocenters. The Morgan fingerprint density at radius 3 is 2.31 bits per heavy atom. The maximum atomic E-state index is 13.0. The summed E-state index contributed by atoms with van der Waals surface area (Å²) in [5.74, 6) is 2.04. The molecule has 32 heavy (non-hydrogen) atoms. The number of carbonyl (C=O) groups excluding carboxylic acids is 1. The first-order valence-corrected chi connectivity index (χ1v) is 11.2. The highest BCUT2D eigenvalue weighted by Crippen LogP contribution is 2.27. The lowest BCUT2D eigenvalue weighted by molar-refractivity contribution is -0.138. The van der Waals surface area contributed by atoms with Gasteiger partial charge in [0.2, 0.25) is 0 Å². The Kier molecular flexibility index (Phi) is 6.69. The van der Waals surface area contributed by atoms with Crippen molar-refractivity contribution in [3.63, 3.8) is 0 Å². The summed E-state index contributed by atoms with van der Waals surface area (Å²) in [6.45, 7) is 8.83. The molecule has 0 N–H and O–H groups in total. The topological polar surface area (TPSA) is 58.6 Å². The minimum atomic E-state index is -0.523. The lowest BCUT2D eigenvalue weighted by Gasteiger charge is -2.36. The summed E-state index contributed by atoms with van der Waals surface area (Å²) in [5, 5.41) is 0. The van der Waals surface area contributed by atoms with Gasteiger partial charge < -0.3 is 14.5 Å². The van der Waals surface area contributed by atoms with Crippen molar-refractivity contribution in [2.24, 2.45) is 0 Å². The summed E-state index contributed by atoms with van der Waals surface area (Å²) >= 11 is 0. The summed E-state index contributed by atoms with van der Waals surface area (Å²) in [7, 11) is 0. The van der Waals surface area contributed by atoms with Gasteiger partial charge in [0.1, 0.15) is 17.9 Å². The van der Waals surface area contributed by atoms with Crippen molar-refractivity contribution in [3.8, 4) is 17.0 Å². The highest BCUT2D eigenvalue weighted by molar-refractivity contribution is 5.81. The number of aromatic nitrogens is 2. The van der Waals surface area contributed by atoms with Crippen LogP contribution in [0.5, 0.6) is 5.75 Å². The standard InChI is InChI=1S/C26H30N4O2/c1-19(2)22-11-7-8-12-24(22)32-20(3)26(31)30-15-13-29(14-16-30)25-17-23(27-18-28-25)21-9-5-4-6-10-21/h4-12,17-20H,13-16H2,1-3H3. The molecule has 0 radical (unpaired) electrons. The van der Waals surface area contributed by atoms with Gasteiger partial charge in [-0.1, -0.05) is 62.4 Å². The van der Waals surface area contributed by atoms with Gasteiger partial charge in [-0.3, -0.25) is 4.79 Å². The van der Waals surface area contributed by atoms with Crippen LogP contribution in [0.15, 0.2) is 67.0 Å². The molecule has 0 spiro atoms.